The van der Waals surface area contributed by atoms with Crippen LogP contribution in [0.2, 0.25) is 0 Å². The summed E-state index contributed by atoms with van der Waals surface area (Å²) >= 11 is 0. The second-order valence-corrected chi connectivity index (χ2v) is 5.82. The monoisotopic (exact) mass is 284 g/mol. The number of hydrogen-bond acceptors (Lipinski definition) is 2. The van der Waals surface area contributed by atoms with Crippen molar-refractivity contribution in [1.29, 1.82) is 0 Å². The summed E-state index contributed by atoms with van der Waals surface area (Å²) in [6, 6.07) is 0.341. The third-order valence-electron chi connectivity index (χ3n) is 4.03. The van der Waals surface area contributed by atoms with Gasteiger partial charge in [0, 0.05) is 25.2 Å². The van der Waals surface area contributed by atoms with E-state index in [0.29, 0.717) is 12.6 Å². The zero-order valence-corrected chi connectivity index (χ0v) is 13.0. The Bertz CT molecular complexity index is 331. The minimum absolute atomic E-state index is 0.00848. The summed E-state index contributed by atoms with van der Waals surface area (Å²) in [6.07, 6.45) is 5.45. The van der Waals surface area contributed by atoms with Crippen molar-refractivity contribution >= 4 is 12.0 Å². The van der Waals surface area contributed by atoms with Crippen LogP contribution in [0.4, 0.5) is 4.79 Å². The third-order valence-corrected chi connectivity index (χ3v) is 4.03. The minimum Gasteiger partial charge on any atom is -0.481 e. The molecule has 5 heteroatoms. The third kappa shape index (κ3) is 4.69. The molecule has 1 rings (SSSR count). The lowest BCUT2D eigenvalue weighted by Gasteiger charge is -2.36. The number of aliphatic carboxylic acids is 1. The summed E-state index contributed by atoms with van der Waals surface area (Å²) in [4.78, 5) is 27.1. The van der Waals surface area contributed by atoms with E-state index in [9.17, 15) is 9.59 Å². The van der Waals surface area contributed by atoms with Gasteiger partial charge < -0.3 is 14.9 Å². The summed E-state index contributed by atoms with van der Waals surface area (Å²) < 4.78 is 0. The molecule has 5 nitrogen and oxygen atoms in total. The lowest BCUT2D eigenvalue weighted by atomic mass is 10.1. The topological polar surface area (TPSA) is 60.9 Å². The number of carbonyl (C=O) groups is 2. The quantitative estimate of drug-likeness (QED) is 0.844. The SMILES string of the molecule is CCC1CCCCCN1C(=O)N(CCC(=O)O)C(C)C. The van der Waals surface area contributed by atoms with Crippen LogP contribution in [0.15, 0.2) is 0 Å². The normalized spacial score (nSPS) is 19.8. The van der Waals surface area contributed by atoms with Crippen LogP contribution in [0.3, 0.4) is 0 Å². The first-order valence-corrected chi connectivity index (χ1v) is 7.76. The Hall–Kier alpha value is -1.26. The zero-order chi connectivity index (χ0) is 15.1. The first-order chi connectivity index (χ1) is 9.47. The van der Waals surface area contributed by atoms with E-state index in [1.165, 1.54) is 12.8 Å². The average molecular weight is 284 g/mol. The molecule has 0 bridgehead atoms. The van der Waals surface area contributed by atoms with E-state index in [-0.39, 0.29) is 18.5 Å². The molecule has 1 unspecified atom stereocenters. The second-order valence-electron chi connectivity index (χ2n) is 5.82. The van der Waals surface area contributed by atoms with Crippen molar-refractivity contribution in [3.05, 3.63) is 0 Å². The summed E-state index contributed by atoms with van der Waals surface area (Å²) in [7, 11) is 0. The highest BCUT2D eigenvalue weighted by molar-refractivity contribution is 5.76. The number of rotatable bonds is 5. The Balaban J connectivity index is 2.77. The largest absolute Gasteiger partial charge is 0.481 e. The van der Waals surface area contributed by atoms with Gasteiger partial charge in [-0.25, -0.2) is 4.79 Å². The summed E-state index contributed by atoms with van der Waals surface area (Å²) in [5, 5.41) is 8.83. The van der Waals surface area contributed by atoms with Crippen LogP contribution in [-0.2, 0) is 4.79 Å². The van der Waals surface area contributed by atoms with E-state index in [2.05, 4.69) is 6.92 Å². The summed E-state index contributed by atoms with van der Waals surface area (Å²) in [6.45, 7) is 7.09. The Labute approximate surface area is 121 Å². The maximum absolute atomic E-state index is 12.7. The highest BCUT2D eigenvalue weighted by atomic mass is 16.4. The molecule has 0 aromatic rings. The summed E-state index contributed by atoms with van der Waals surface area (Å²) in [5.74, 6) is -0.855. The smallest absolute Gasteiger partial charge is 0.320 e. The van der Waals surface area contributed by atoms with Gasteiger partial charge in [-0.3, -0.25) is 4.79 Å². The highest BCUT2D eigenvalue weighted by Gasteiger charge is 2.29. The first-order valence-electron chi connectivity index (χ1n) is 7.76. The van der Waals surface area contributed by atoms with E-state index < -0.39 is 5.97 Å². The number of carboxylic acid groups (broad SMARTS) is 1. The molecule has 1 aliphatic heterocycles. The van der Waals surface area contributed by atoms with E-state index in [1.807, 2.05) is 18.7 Å². The fourth-order valence-corrected chi connectivity index (χ4v) is 2.81. The van der Waals surface area contributed by atoms with Crippen LogP contribution in [0, 0.1) is 0 Å². The predicted molar refractivity (Wildman–Crippen MR) is 78.7 cm³/mol. The first kappa shape index (κ1) is 16.8. The van der Waals surface area contributed by atoms with Crippen LogP contribution in [0.25, 0.3) is 0 Å². The number of nitrogens with zero attached hydrogens (tertiary/aromatic N) is 2. The van der Waals surface area contributed by atoms with Crippen molar-refractivity contribution in [3.8, 4) is 0 Å². The molecule has 2 amide bonds. The van der Waals surface area contributed by atoms with Crippen molar-refractivity contribution in [2.24, 2.45) is 0 Å². The van der Waals surface area contributed by atoms with Crippen LogP contribution >= 0.6 is 0 Å². The van der Waals surface area contributed by atoms with Gasteiger partial charge in [-0.05, 0) is 33.1 Å². The molecule has 0 saturated carbocycles. The Morgan fingerprint density at radius 2 is 2.00 bits per heavy atom. The molecule has 0 radical (unpaired) electrons. The van der Waals surface area contributed by atoms with Crippen LogP contribution in [0.1, 0.15) is 59.3 Å². The minimum atomic E-state index is -0.855. The van der Waals surface area contributed by atoms with Gasteiger partial charge in [0.15, 0.2) is 0 Å². The molecule has 1 fully saturated rings. The second kappa shape index (κ2) is 8.12. The molecule has 1 saturated heterocycles. The molecule has 0 aliphatic carbocycles. The maximum Gasteiger partial charge on any atom is 0.320 e. The van der Waals surface area contributed by atoms with E-state index in [1.54, 1.807) is 4.90 Å². The van der Waals surface area contributed by atoms with E-state index in [4.69, 9.17) is 5.11 Å². The molecular weight excluding hydrogens is 256 g/mol. The van der Waals surface area contributed by atoms with Crippen molar-refractivity contribution in [2.75, 3.05) is 13.1 Å². The van der Waals surface area contributed by atoms with Gasteiger partial charge >= 0.3 is 12.0 Å². The molecule has 0 aromatic carbocycles. The zero-order valence-electron chi connectivity index (χ0n) is 13.0. The van der Waals surface area contributed by atoms with Crippen molar-refractivity contribution < 1.29 is 14.7 Å². The van der Waals surface area contributed by atoms with Gasteiger partial charge in [-0.15, -0.1) is 0 Å². The molecule has 1 heterocycles. The standard InChI is InChI=1S/C15H28N2O3/c1-4-13-8-6-5-7-10-17(13)15(20)16(12(2)3)11-9-14(18)19/h12-13H,4-11H2,1-3H3,(H,18,19). The predicted octanol–water partition coefficient (Wildman–Crippen LogP) is 2.95. The Morgan fingerprint density at radius 1 is 1.30 bits per heavy atom. The Morgan fingerprint density at radius 3 is 2.55 bits per heavy atom. The molecule has 116 valence electrons. The molecule has 0 spiro atoms. The van der Waals surface area contributed by atoms with Gasteiger partial charge in [0.1, 0.15) is 0 Å². The number of urea groups is 1. The number of likely N-dealkylation sites (tertiary alicyclic amines) is 1. The van der Waals surface area contributed by atoms with Gasteiger partial charge in [-0.2, -0.15) is 0 Å². The van der Waals surface area contributed by atoms with Crippen LogP contribution in [-0.4, -0.2) is 52.1 Å². The maximum atomic E-state index is 12.7. The number of carbonyl (C=O) groups excluding carboxylic acids is 1. The fraction of sp³-hybridized carbons (Fsp3) is 0.867. The average Bonchev–Trinajstić information content (AvgIpc) is 2.62. The van der Waals surface area contributed by atoms with E-state index >= 15 is 0 Å². The Kier molecular flexibility index (Phi) is 6.82. The lowest BCUT2D eigenvalue weighted by Crippen LogP contribution is -2.50. The lowest BCUT2D eigenvalue weighted by molar-refractivity contribution is -0.137. The van der Waals surface area contributed by atoms with E-state index in [0.717, 1.165) is 25.8 Å². The van der Waals surface area contributed by atoms with Crippen molar-refractivity contribution in [2.45, 2.75) is 71.4 Å². The summed E-state index contributed by atoms with van der Waals surface area (Å²) in [5.41, 5.74) is 0. The molecule has 0 aromatic heterocycles. The highest BCUT2D eigenvalue weighted by Crippen LogP contribution is 2.21. The molecular formula is C15H28N2O3. The number of carboxylic acids is 1. The van der Waals surface area contributed by atoms with Crippen molar-refractivity contribution in [1.82, 2.24) is 9.80 Å². The molecule has 20 heavy (non-hydrogen) atoms. The van der Waals surface area contributed by atoms with Gasteiger partial charge in [0.2, 0.25) is 0 Å². The van der Waals surface area contributed by atoms with Gasteiger partial charge in [-0.1, -0.05) is 19.8 Å². The molecule has 1 aliphatic rings. The fourth-order valence-electron chi connectivity index (χ4n) is 2.81. The number of amides is 2. The molecule has 1 N–H and O–H groups in total. The van der Waals surface area contributed by atoms with Crippen molar-refractivity contribution in [3.63, 3.8) is 0 Å². The number of hydrogen-bond donors (Lipinski definition) is 1. The van der Waals surface area contributed by atoms with Gasteiger partial charge in [0.25, 0.3) is 0 Å². The van der Waals surface area contributed by atoms with Crippen LogP contribution < -0.4 is 0 Å². The van der Waals surface area contributed by atoms with Crippen LogP contribution in [0.5, 0.6) is 0 Å². The molecule has 1 atom stereocenters. The van der Waals surface area contributed by atoms with Gasteiger partial charge in [0.05, 0.1) is 6.42 Å².